The Labute approximate surface area is 249 Å². The van der Waals surface area contributed by atoms with Crippen LogP contribution in [0.15, 0.2) is 96.3 Å². The Morgan fingerprint density at radius 1 is 0.595 bits per heavy atom. The largest absolute Gasteiger partial charge is 0.392 e. The van der Waals surface area contributed by atoms with Gasteiger partial charge in [-0.25, -0.2) is 0 Å². The van der Waals surface area contributed by atoms with Crippen molar-refractivity contribution in [1.82, 2.24) is 0 Å². The van der Waals surface area contributed by atoms with E-state index in [4.69, 9.17) is 0 Å². The van der Waals surface area contributed by atoms with E-state index in [1.807, 2.05) is 0 Å². The average Bonchev–Trinajstić information content (AvgIpc) is 3.36. The minimum atomic E-state index is -0.648. The molecule has 0 spiro atoms. The van der Waals surface area contributed by atoms with Crippen molar-refractivity contribution in [3.8, 4) is 0 Å². The summed E-state index contributed by atoms with van der Waals surface area (Å²) >= 11 is 0. The first-order chi connectivity index (χ1) is 20.1. The molecule has 4 heteroatoms. The van der Waals surface area contributed by atoms with E-state index in [1.54, 1.807) is 0 Å². The fourth-order valence-corrected chi connectivity index (χ4v) is 8.28. The van der Waals surface area contributed by atoms with Crippen molar-refractivity contribution in [3.63, 3.8) is 0 Å². The van der Waals surface area contributed by atoms with Gasteiger partial charge >= 0.3 is 0 Å². The molecule has 2 aliphatic heterocycles. The van der Waals surface area contributed by atoms with Crippen molar-refractivity contribution in [2.45, 2.75) is 64.6 Å². The summed E-state index contributed by atoms with van der Waals surface area (Å²) in [5.41, 5.74) is 6.95. The van der Waals surface area contributed by atoms with Crippen molar-refractivity contribution in [1.29, 1.82) is 0 Å². The number of aliphatic hydroxyl groups excluding tert-OH is 2. The van der Waals surface area contributed by atoms with Gasteiger partial charge in [0.1, 0.15) is 0 Å². The number of likely N-dealkylation sites (N-methyl/N-ethyl adjacent to an activating group) is 2. The third-order valence-corrected chi connectivity index (χ3v) is 10.4. The van der Waals surface area contributed by atoms with Gasteiger partial charge in [0.05, 0.1) is 12.2 Å². The zero-order chi connectivity index (χ0) is 29.6. The van der Waals surface area contributed by atoms with Crippen LogP contribution in [0.2, 0.25) is 0 Å². The molecule has 4 aromatic rings. The molecule has 7 rings (SSSR count). The molecule has 42 heavy (non-hydrogen) atoms. The van der Waals surface area contributed by atoms with Gasteiger partial charge in [0.2, 0.25) is 0 Å². The highest BCUT2D eigenvalue weighted by molar-refractivity contribution is 5.96. The number of allylic oxidation sites excluding steroid dienone is 2. The zero-order valence-corrected chi connectivity index (χ0v) is 25.6. The minimum absolute atomic E-state index is 0.246. The predicted octanol–water partition coefficient (Wildman–Crippen LogP) is 7.66. The second-order valence-corrected chi connectivity index (χ2v) is 13.3. The van der Waals surface area contributed by atoms with Gasteiger partial charge in [-0.1, -0.05) is 101 Å². The van der Waals surface area contributed by atoms with Crippen LogP contribution < -0.4 is 9.80 Å². The SMILES string of the molecule is CCN1/C(=C/C2C(O)C(/C=C3/N(CC)c4ccc5ccccc5c4C3(C)C)C2O)C(C)(C)c2c1ccc1ccccc21. The van der Waals surface area contributed by atoms with Gasteiger partial charge in [-0.15, -0.1) is 0 Å². The minimum Gasteiger partial charge on any atom is -0.392 e. The van der Waals surface area contributed by atoms with Crippen LogP contribution in [0.3, 0.4) is 0 Å². The van der Waals surface area contributed by atoms with Crippen LogP contribution >= 0.6 is 0 Å². The molecule has 0 aromatic heterocycles. The number of rotatable bonds is 4. The molecule has 0 amide bonds. The number of nitrogens with zero attached hydrogens (tertiary/aromatic N) is 2. The maximum Gasteiger partial charge on any atom is 0.0716 e. The van der Waals surface area contributed by atoms with Crippen LogP contribution in [0, 0.1) is 11.8 Å². The summed E-state index contributed by atoms with van der Waals surface area (Å²) in [7, 11) is 0. The second kappa shape index (κ2) is 9.45. The lowest BCUT2D eigenvalue weighted by Crippen LogP contribution is -2.54. The highest BCUT2D eigenvalue weighted by atomic mass is 16.3. The molecule has 3 aliphatic rings. The molecule has 0 unspecified atom stereocenters. The van der Waals surface area contributed by atoms with Crippen molar-refractivity contribution in [3.05, 3.63) is 107 Å². The lowest BCUT2D eigenvalue weighted by Gasteiger charge is -2.46. The Balaban J connectivity index is 1.24. The highest BCUT2D eigenvalue weighted by Crippen LogP contribution is 2.54. The summed E-state index contributed by atoms with van der Waals surface area (Å²) < 4.78 is 0. The molecule has 0 radical (unpaired) electrons. The number of benzene rings is 4. The van der Waals surface area contributed by atoms with Crippen molar-refractivity contribution in [2.75, 3.05) is 22.9 Å². The second-order valence-electron chi connectivity index (χ2n) is 13.3. The third kappa shape index (κ3) is 3.61. The first-order valence-electron chi connectivity index (χ1n) is 15.5. The van der Waals surface area contributed by atoms with E-state index in [1.165, 1.54) is 55.4 Å². The van der Waals surface area contributed by atoms with Crippen molar-refractivity contribution >= 4 is 32.9 Å². The first kappa shape index (κ1) is 27.2. The zero-order valence-electron chi connectivity index (χ0n) is 25.6. The molecule has 1 aliphatic carbocycles. The summed E-state index contributed by atoms with van der Waals surface area (Å²) in [4.78, 5) is 4.74. The molecular formula is C38H42N2O2. The number of hydrogen-bond acceptors (Lipinski definition) is 4. The van der Waals surface area contributed by atoms with Crippen LogP contribution in [-0.2, 0) is 10.8 Å². The highest BCUT2D eigenvalue weighted by Gasteiger charge is 2.51. The van der Waals surface area contributed by atoms with E-state index in [-0.39, 0.29) is 22.7 Å². The fraction of sp³-hybridized carbons (Fsp3) is 0.368. The monoisotopic (exact) mass is 558 g/mol. The standard InChI is InChI=1S/C38H42N2O2/c1-7-39-29-19-17-23-13-9-11-15-25(23)33(29)37(3,4)31(39)21-27-35(41)28(36(27)42)22-32-38(5,6)34-26-16-12-10-14-24(26)18-20-30(34)40(32)8-2/h9-22,27-28,35-36,41-42H,7-8H2,1-6H3/b31-21+,32-22+. The summed E-state index contributed by atoms with van der Waals surface area (Å²) in [6, 6.07) is 26.0. The number of fused-ring (bicyclic) bond motifs is 6. The van der Waals surface area contributed by atoms with E-state index < -0.39 is 12.2 Å². The summed E-state index contributed by atoms with van der Waals surface area (Å²) in [6.07, 6.45) is 3.04. The van der Waals surface area contributed by atoms with Gasteiger partial charge in [0.15, 0.2) is 0 Å². The normalized spacial score (nSPS) is 27.6. The van der Waals surface area contributed by atoms with Gasteiger partial charge in [-0.2, -0.15) is 0 Å². The van der Waals surface area contributed by atoms with Gasteiger partial charge in [-0.05, 0) is 58.7 Å². The molecule has 1 fully saturated rings. The number of hydrogen-bond donors (Lipinski definition) is 2. The van der Waals surface area contributed by atoms with Gasteiger partial charge < -0.3 is 20.0 Å². The summed E-state index contributed by atoms with van der Waals surface area (Å²) in [6.45, 7) is 15.1. The first-order valence-corrected chi connectivity index (χ1v) is 15.5. The smallest absolute Gasteiger partial charge is 0.0716 e. The average molecular weight is 559 g/mol. The van der Waals surface area contributed by atoms with Crippen LogP contribution in [0.4, 0.5) is 11.4 Å². The van der Waals surface area contributed by atoms with Crippen molar-refractivity contribution in [2.24, 2.45) is 11.8 Å². The quantitative estimate of drug-likeness (QED) is 0.270. The van der Waals surface area contributed by atoms with E-state index >= 15 is 0 Å². The van der Waals surface area contributed by atoms with E-state index in [0.29, 0.717) is 0 Å². The molecule has 0 atom stereocenters. The van der Waals surface area contributed by atoms with E-state index in [2.05, 4.69) is 136 Å². The van der Waals surface area contributed by atoms with Gasteiger partial charge in [0.25, 0.3) is 0 Å². The predicted molar refractivity (Wildman–Crippen MR) is 175 cm³/mol. The molecule has 1 saturated carbocycles. The molecule has 2 heterocycles. The lowest BCUT2D eigenvalue weighted by molar-refractivity contribution is -0.111. The molecule has 0 bridgehead atoms. The maximum absolute atomic E-state index is 11.6. The molecular weight excluding hydrogens is 516 g/mol. The van der Waals surface area contributed by atoms with Gasteiger partial charge in [0, 0.05) is 58.5 Å². The lowest BCUT2D eigenvalue weighted by atomic mass is 9.66. The summed E-state index contributed by atoms with van der Waals surface area (Å²) in [5, 5.41) is 28.2. The molecule has 0 saturated heterocycles. The van der Waals surface area contributed by atoms with Crippen molar-refractivity contribution < 1.29 is 10.2 Å². The molecule has 216 valence electrons. The van der Waals surface area contributed by atoms with Crippen LogP contribution in [0.1, 0.15) is 52.7 Å². The van der Waals surface area contributed by atoms with Crippen LogP contribution in [0.5, 0.6) is 0 Å². The fourth-order valence-electron chi connectivity index (χ4n) is 8.28. The van der Waals surface area contributed by atoms with Crippen LogP contribution in [0.25, 0.3) is 21.5 Å². The van der Waals surface area contributed by atoms with Crippen LogP contribution in [-0.4, -0.2) is 35.5 Å². The Bertz CT molecular complexity index is 1640. The Hall–Kier alpha value is -3.60. The number of anilines is 2. The van der Waals surface area contributed by atoms with E-state index in [0.717, 1.165) is 13.1 Å². The topological polar surface area (TPSA) is 46.9 Å². The van der Waals surface area contributed by atoms with E-state index in [9.17, 15) is 10.2 Å². The van der Waals surface area contributed by atoms with Gasteiger partial charge in [-0.3, -0.25) is 0 Å². The molecule has 4 aromatic carbocycles. The molecule has 2 N–H and O–H groups in total. The Morgan fingerprint density at radius 2 is 0.976 bits per heavy atom. The maximum atomic E-state index is 11.6. The summed E-state index contributed by atoms with van der Waals surface area (Å²) in [5.74, 6) is -0.642. The Kier molecular flexibility index (Phi) is 6.13. The third-order valence-electron chi connectivity index (χ3n) is 10.4. The molecule has 4 nitrogen and oxygen atoms in total. The number of aliphatic hydroxyl groups is 2. The Morgan fingerprint density at radius 3 is 1.36 bits per heavy atom.